The Kier molecular flexibility index (Phi) is 4.65. The summed E-state index contributed by atoms with van der Waals surface area (Å²) in [6, 6.07) is 9.54. The molecule has 3 heteroatoms. The van der Waals surface area contributed by atoms with Crippen LogP contribution in [0.5, 0.6) is 0 Å². The van der Waals surface area contributed by atoms with E-state index in [9.17, 15) is 0 Å². The Morgan fingerprint density at radius 2 is 2.00 bits per heavy atom. The fourth-order valence-corrected chi connectivity index (χ4v) is 5.50. The average molecular weight is 294 g/mol. The van der Waals surface area contributed by atoms with Gasteiger partial charge in [0, 0.05) is 32.9 Å². The van der Waals surface area contributed by atoms with Gasteiger partial charge in [-0.15, -0.1) is 11.8 Å². The van der Waals surface area contributed by atoms with Gasteiger partial charge in [-0.3, -0.25) is 0 Å². The van der Waals surface area contributed by atoms with E-state index in [-0.39, 0.29) is 0 Å². The van der Waals surface area contributed by atoms with Gasteiger partial charge >= 0.3 is 0 Å². The highest BCUT2D eigenvalue weighted by molar-refractivity contribution is 8.00. The topological polar surface area (TPSA) is 12.0 Å². The van der Waals surface area contributed by atoms with Crippen LogP contribution in [-0.4, -0.2) is 22.3 Å². The first-order valence-electron chi connectivity index (χ1n) is 7.45. The summed E-state index contributed by atoms with van der Waals surface area (Å²) in [5.74, 6) is 1.25. The highest BCUT2D eigenvalue weighted by Gasteiger charge is 2.23. The Labute approximate surface area is 125 Å². The van der Waals surface area contributed by atoms with Crippen molar-refractivity contribution >= 4 is 29.2 Å². The lowest BCUT2D eigenvalue weighted by atomic mass is 10.2. The highest BCUT2D eigenvalue weighted by Crippen LogP contribution is 2.39. The molecule has 1 aromatic rings. The summed E-state index contributed by atoms with van der Waals surface area (Å²) in [6.07, 6.45) is 6.94. The quantitative estimate of drug-likeness (QED) is 0.836. The molecule has 2 aliphatic rings. The van der Waals surface area contributed by atoms with Crippen molar-refractivity contribution in [2.24, 2.45) is 0 Å². The summed E-state index contributed by atoms with van der Waals surface area (Å²) in [6.45, 7) is 2.34. The van der Waals surface area contributed by atoms with E-state index >= 15 is 0 Å². The van der Waals surface area contributed by atoms with Crippen LogP contribution in [0.1, 0.15) is 39.0 Å². The number of hydrogen-bond donors (Lipinski definition) is 1. The first kappa shape index (κ1) is 13.7. The van der Waals surface area contributed by atoms with Crippen LogP contribution in [0.4, 0.5) is 5.69 Å². The van der Waals surface area contributed by atoms with Gasteiger partial charge in [0.15, 0.2) is 0 Å². The number of anilines is 1. The fraction of sp³-hybridized carbons (Fsp3) is 0.625. The Morgan fingerprint density at radius 3 is 2.74 bits per heavy atom. The van der Waals surface area contributed by atoms with Crippen LogP contribution >= 0.6 is 23.5 Å². The minimum absolute atomic E-state index is 0.658. The van der Waals surface area contributed by atoms with Crippen LogP contribution in [-0.2, 0) is 0 Å². The van der Waals surface area contributed by atoms with Gasteiger partial charge in [0.25, 0.3) is 0 Å². The third-order valence-corrected chi connectivity index (χ3v) is 6.81. The van der Waals surface area contributed by atoms with Gasteiger partial charge in [-0.2, -0.15) is 11.8 Å². The van der Waals surface area contributed by atoms with Gasteiger partial charge in [-0.1, -0.05) is 31.9 Å². The minimum Gasteiger partial charge on any atom is -0.381 e. The van der Waals surface area contributed by atoms with Crippen LogP contribution in [0, 0.1) is 0 Å². The van der Waals surface area contributed by atoms with Crippen LogP contribution in [0.25, 0.3) is 0 Å². The number of rotatable bonds is 4. The van der Waals surface area contributed by atoms with E-state index in [4.69, 9.17) is 0 Å². The van der Waals surface area contributed by atoms with E-state index < -0.39 is 0 Å². The molecule has 3 rings (SSSR count). The van der Waals surface area contributed by atoms with Crippen LogP contribution < -0.4 is 5.32 Å². The van der Waals surface area contributed by atoms with Crippen LogP contribution in [0.2, 0.25) is 0 Å². The summed E-state index contributed by atoms with van der Waals surface area (Å²) in [5, 5.41) is 5.43. The molecule has 0 aromatic heterocycles. The molecule has 0 amide bonds. The normalized spacial score (nSPS) is 27.8. The third-order valence-electron chi connectivity index (χ3n) is 4.04. The van der Waals surface area contributed by atoms with Crippen molar-refractivity contribution in [3.63, 3.8) is 0 Å². The SMILES string of the molecule is CC1CC(Nc2ccccc2SC2CCCC2)CS1. The minimum atomic E-state index is 0.658. The number of nitrogens with one attached hydrogen (secondary N) is 1. The maximum Gasteiger partial charge on any atom is 0.0480 e. The molecule has 1 saturated carbocycles. The zero-order valence-corrected chi connectivity index (χ0v) is 13.2. The lowest BCUT2D eigenvalue weighted by molar-refractivity contribution is 0.745. The predicted molar refractivity (Wildman–Crippen MR) is 88.5 cm³/mol. The van der Waals surface area contributed by atoms with E-state index in [2.05, 4.69) is 60.0 Å². The number of benzene rings is 1. The van der Waals surface area contributed by atoms with Gasteiger partial charge in [-0.05, 0) is 31.4 Å². The summed E-state index contributed by atoms with van der Waals surface area (Å²) < 4.78 is 0. The second kappa shape index (κ2) is 6.45. The van der Waals surface area contributed by atoms with Crippen molar-refractivity contribution < 1.29 is 0 Å². The largest absolute Gasteiger partial charge is 0.381 e. The molecule has 1 aromatic carbocycles. The predicted octanol–water partition coefficient (Wildman–Crippen LogP) is 5.03. The maximum absolute atomic E-state index is 3.77. The molecule has 1 aliphatic carbocycles. The lowest BCUT2D eigenvalue weighted by Crippen LogP contribution is -2.19. The van der Waals surface area contributed by atoms with Crippen molar-refractivity contribution in [1.29, 1.82) is 0 Å². The Bertz CT molecular complexity index is 415. The monoisotopic (exact) mass is 293 g/mol. The fourth-order valence-electron chi connectivity index (χ4n) is 3.01. The molecule has 2 fully saturated rings. The van der Waals surface area contributed by atoms with Gasteiger partial charge < -0.3 is 5.32 Å². The van der Waals surface area contributed by atoms with Crippen molar-refractivity contribution in [1.82, 2.24) is 0 Å². The summed E-state index contributed by atoms with van der Waals surface area (Å²) >= 11 is 4.19. The molecule has 2 atom stereocenters. The van der Waals surface area contributed by atoms with E-state index in [1.165, 1.54) is 48.4 Å². The molecule has 1 heterocycles. The van der Waals surface area contributed by atoms with E-state index in [1.54, 1.807) is 0 Å². The van der Waals surface area contributed by atoms with E-state index in [1.807, 2.05) is 0 Å². The van der Waals surface area contributed by atoms with Gasteiger partial charge in [0.05, 0.1) is 0 Å². The lowest BCUT2D eigenvalue weighted by Gasteiger charge is -2.18. The van der Waals surface area contributed by atoms with Crippen LogP contribution in [0.15, 0.2) is 29.2 Å². The molecule has 1 N–H and O–H groups in total. The molecule has 1 aliphatic heterocycles. The van der Waals surface area contributed by atoms with Gasteiger partial charge in [-0.25, -0.2) is 0 Å². The molecule has 19 heavy (non-hydrogen) atoms. The molecule has 0 radical (unpaired) electrons. The number of para-hydroxylation sites is 1. The second-order valence-corrected chi connectivity index (χ2v) is 8.55. The smallest absolute Gasteiger partial charge is 0.0480 e. The second-order valence-electron chi connectivity index (χ2n) is 5.74. The van der Waals surface area contributed by atoms with Crippen molar-refractivity contribution in [2.75, 3.05) is 11.1 Å². The van der Waals surface area contributed by atoms with Crippen molar-refractivity contribution in [2.45, 2.75) is 60.5 Å². The molecule has 1 saturated heterocycles. The van der Waals surface area contributed by atoms with Crippen LogP contribution in [0.3, 0.4) is 0 Å². The van der Waals surface area contributed by atoms with Crippen molar-refractivity contribution in [3.8, 4) is 0 Å². The Morgan fingerprint density at radius 1 is 1.21 bits per heavy atom. The molecule has 104 valence electrons. The zero-order valence-electron chi connectivity index (χ0n) is 11.6. The zero-order chi connectivity index (χ0) is 13.1. The summed E-state index contributed by atoms with van der Waals surface area (Å²) in [4.78, 5) is 1.46. The molecule has 0 bridgehead atoms. The van der Waals surface area contributed by atoms with E-state index in [0.29, 0.717) is 6.04 Å². The van der Waals surface area contributed by atoms with Gasteiger partial charge in [0.2, 0.25) is 0 Å². The third kappa shape index (κ3) is 3.63. The average Bonchev–Trinajstić information content (AvgIpc) is 3.04. The first-order valence-corrected chi connectivity index (χ1v) is 9.38. The Balaban J connectivity index is 1.66. The summed E-state index contributed by atoms with van der Waals surface area (Å²) in [5.41, 5.74) is 1.36. The molecule has 2 unspecified atom stereocenters. The number of thioether (sulfide) groups is 2. The highest BCUT2D eigenvalue weighted by atomic mass is 32.2. The Hall–Kier alpha value is -0.280. The summed E-state index contributed by atoms with van der Waals surface area (Å²) in [7, 11) is 0. The van der Waals surface area contributed by atoms with E-state index in [0.717, 1.165) is 10.5 Å². The molecule has 0 spiro atoms. The molecular formula is C16H23NS2. The number of hydrogen-bond acceptors (Lipinski definition) is 3. The van der Waals surface area contributed by atoms with Crippen molar-refractivity contribution in [3.05, 3.63) is 24.3 Å². The molecular weight excluding hydrogens is 270 g/mol. The standard InChI is InChI=1S/C16H23NS2/c1-12-10-13(11-18-12)17-15-8-4-5-9-16(15)19-14-6-2-3-7-14/h4-5,8-9,12-14,17H,2-3,6-7,10-11H2,1H3. The molecule has 1 nitrogen and oxygen atoms in total. The maximum atomic E-state index is 3.77. The van der Waals surface area contributed by atoms with Gasteiger partial charge in [0.1, 0.15) is 0 Å². The first-order chi connectivity index (χ1) is 9.31.